The first-order valence-corrected chi connectivity index (χ1v) is 8.02. The average molecular weight is 352 g/mol. The Balaban J connectivity index is 2.08. The minimum absolute atomic E-state index is 0.0739. The topological polar surface area (TPSA) is 53.1 Å². The molecule has 0 aliphatic carbocycles. The van der Waals surface area contributed by atoms with E-state index >= 15 is 0 Å². The highest BCUT2D eigenvalue weighted by Crippen LogP contribution is 2.28. The van der Waals surface area contributed by atoms with Crippen LogP contribution in [0.1, 0.15) is 50.5 Å². The molecule has 2 atom stereocenters. The van der Waals surface area contributed by atoms with Gasteiger partial charge in [0.1, 0.15) is 12.4 Å². The maximum atomic E-state index is 5.99. The lowest BCUT2D eigenvalue weighted by molar-refractivity contribution is 0.293. The van der Waals surface area contributed by atoms with E-state index in [4.69, 9.17) is 10.5 Å². The van der Waals surface area contributed by atoms with Crippen LogP contribution < -0.4 is 10.5 Å². The predicted molar refractivity (Wildman–Crippen MR) is 88.3 cm³/mol. The number of nitrogens with two attached hydrogens (primary N) is 1. The van der Waals surface area contributed by atoms with Crippen molar-refractivity contribution in [3.8, 4) is 5.75 Å². The number of aromatic nitrogens is 2. The second-order valence-electron chi connectivity index (χ2n) is 5.30. The van der Waals surface area contributed by atoms with Crippen LogP contribution in [-0.2, 0) is 6.61 Å². The fourth-order valence-electron chi connectivity index (χ4n) is 2.05. The van der Waals surface area contributed by atoms with E-state index in [9.17, 15) is 0 Å². The Morgan fingerprint density at radius 3 is 2.76 bits per heavy atom. The van der Waals surface area contributed by atoms with Crippen LogP contribution >= 0.6 is 15.9 Å². The third kappa shape index (κ3) is 4.08. The van der Waals surface area contributed by atoms with Crippen LogP contribution in [-0.4, -0.2) is 9.78 Å². The fraction of sp³-hybridized carbons (Fsp3) is 0.438. The number of rotatable bonds is 6. The second-order valence-corrected chi connectivity index (χ2v) is 6.22. The summed E-state index contributed by atoms with van der Waals surface area (Å²) in [6.07, 6.45) is 3.06. The molecule has 1 aromatic heterocycles. The molecule has 1 aromatic carbocycles. The molecule has 0 aliphatic heterocycles. The van der Waals surface area contributed by atoms with Gasteiger partial charge in [-0.25, -0.2) is 0 Å². The molecule has 21 heavy (non-hydrogen) atoms. The molecule has 0 aliphatic rings. The van der Waals surface area contributed by atoms with E-state index in [-0.39, 0.29) is 6.04 Å². The van der Waals surface area contributed by atoms with Crippen molar-refractivity contribution >= 4 is 15.9 Å². The van der Waals surface area contributed by atoms with Gasteiger partial charge in [-0.2, -0.15) is 5.10 Å². The Bertz CT molecular complexity index is 595. The minimum atomic E-state index is -0.0739. The molecular weight excluding hydrogens is 330 g/mol. The van der Waals surface area contributed by atoms with Crippen LogP contribution in [0.4, 0.5) is 0 Å². The van der Waals surface area contributed by atoms with Crippen LogP contribution in [0.25, 0.3) is 0 Å². The fourth-order valence-corrected chi connectivity index (χ4v) is 2.42. The van der Waals surface area contributed by atoms with Gasteiger partial charge in [-0.05, 0) is 44.5 Å². The van der Waals surface area contributed by atoms with Crippen molar-refractivity contribution < 1.29 is 4.74 Å². The van der Waals surface area contributed by atoms with Crippen molar-refractivity contribution in [2.75, 3.05) is 0 Å². The van der Waals surface area contributed by atoms with E-state index in [0.29, 0.717) is 12.6 Å². The highest BCUT2D eigenvalue weighted by molar-refractivity contribution is 9.10. The standard InChI is InChI=1S/C16H22BrN3O/c1-4-11(2)20-8-7-14(19-20)10-21-16-6-5-13(17)9-15(16)12(3)18/h5-9,11-12H,4,10,18H2,1-3H3/t11?,12-/m1/s1. The first-order chi connectivity index (χ1) is 10.0. The number of halogens is 1. The monoisotopic (exact) mass is 351 g/mol. The first-order valence-electron chi connectivity index (χ1n) is 7.23. The molecule has 5 heteroatoms. The van der Waals surface area contributed by atoms with Crippen molar-refractivity contribution in [3.63, 3.8) is 0 Å². The van der Waals surface area contributed by atoms with Crippen molar-refractivity contribution in [2.45, 2.75) is 45.9 Å². The van der Waals surface area contributed by atoms with Crippen molar-refractivity contribution in [3.05, 3.63) is 46.2 Å². The van der Waals surface area contributed by atoms with Crippen molar-refractivity contribution in [2.24, 2.45) is 5.73 Å². The van der Waals surface area contributed by atoms with E-state index in [0.717, 1.165) is 27.9 Å². The van der Waals surface area contributed by atoms with Crippen LogP contribution in [0.5, 0.6) is 5.75 Å². The molecule has 0 radical (unpaired) electrons. The van der Waals surface area contributed by atoms with Crippen LogP contribution in [0, 0.1) is 0 Å². The maximum Gasteiger partial charge on any atom is 0.132 e. The summed E-state index contributed by atoms with van der Waals surface area (Å²) in [7, 11) is 0. The largest absolute Gasteiger partial charge is 0.487 e. The number of hydrogen-bond acceptors (Lipinski definition) is 3. The molecule has 0 fully saturated rings. The molecule has 1 heterocycles. The molecule has 114 valence electrons. The van der Waals surface area contributed by atoms with Gasteiger partial charge in [-0.15, -0.1) is 0 Å². The lowest BCUT2D eigenvalue weighted by atomic mass is 10.1. The molecule has 0 bridgehead atoms. The molecule has 0 saturated heterocycles. The number of nitrogens with zero attached hydrogens (tertiary/aromatic N) is 2. The Labute approximate surface area is 134 Å². The predicted octanol–water partition coefficient (Wildman–Crippen LogP) is 4.22. The molecular formula is C16H22BrN3O. The molecule has 2 N–H and O–H groups in total. The summed E-state index contributed by atoms with van der Waals surface area (Å²) < 4.78 is 8.87. The summed E-state index contributed by atoms with van der Waals surface area (Å²) in [5.41, 5.74) is 7.91. The summed E-state index contributed by atoms with van der Waals surface area (Å²) in [6, 6.07) is 8.23. The molecule has 0 spiro atoms. The van der Waals surface area contributed by atoms with Gasteiger partial charge < -0.3 is 10.5 Å². The minimum Gasteiger partial charge on any atom is -0.487 e. The summed E-state index contributed by atoms with van der Waals surface area (Å²) in [5, 5.41) is 4.54. The number of ether oxygens (including phenoxy) is 1. The zero-order chi connectivity index (χ0) is 15.4. The summed E-state index contributed by atoms with van der Waals surface area (Å²) in [6.45, 7) is 6.71. The van der Waals surface area contributed by atoms with Crippen LogP contribution in [0.15, 0.2) is 34.9 Å². The summed E-state index contributed by atoms with van der Waals surface area (Å²) in [4.78, 5) is 0. The zero-order valence-electron chi connectivity index (χ0n) is 12.7. The smallest absolute Gasteiger partial charge is 0.132 e. The molecule has 2 rings (SSSR count). The van der Waals surface area contributed by atoms with Gasteiger partial charge in [0, 0.05) is 28.3 Å². The molecule has 4 nitrogen and oxygen atoms in total. The Morgan fingerprint density at radius 2 is 2.10 bits per heavy atom. The van der Waals surface area contributed by atoms with Gasteiger partial charge in [-0.3, -0.25) is 4.68 Å². The lowest BCUT2D eigenvalue weighted by Gasteiger charge is -2.14. The number of hydrogen-bond donors (Lipinski definition) is 1. The molecule has 0 saturated carbocycles. The zero-order valence-corrected chi connectivity index (χ0v) is 14.3. The Morgan fingerprint density at radius 1 is 1.33 bits per heavy atom. The van der Waals surface area contributed by atoms with Gasteiger partial charge in [-0.1, -0.05) is 22.9 Å². The van der Waals surface area contributed by atoms with Crippen LogP contribution in [0.3, 0.4) is 0 Å². The third-order valence-corrected chi connectivity index (χ3v) is 4.04. The first kappa shape index (κ1) is 16.0. The van der Waals surface area contributed by atoms with E-state index in [1.165, 1.54) is 0 Å². The van der Waals surface area contributed by atoms with Gasteiger partial charge >= 0.3 is 0 Å². The highest BCUT2D eigenvalue weighted by atomic mass is 79.9. The van der Waals surface area contributed by atoms with Gasteiger partial charge in [0.25, 0.3) is 0 Å². The molecule has 1 unspecified atom stereocenters. The van der Waals surface area contributed by atoms with E-state index in [1.54, 1.807) is 0 Å². The summed E-state index contributed by atoms with van der Waals surface area (Å²) >= 11 is 3.46. The SMILES string of the molecule is CCC(C)n1ccc(COc2ccc(Br)cc2[C@@H](C)N)n1. The second kappa shape index (κ2) is 7.09. The molecule has 0 amide bonds. The average Bonchev–Trinajstić information content (AvgIpc) is 2.93. The van der Waals surface area contributed by atoms with Crippen LogP contribution in [0.2, 0.25) is 0 Å². The quantitative estimate of drug-likeness (QED) is 0.847. The van der Waals surface area contributed by atoms with E-state index in [2.05, 4.69) is 34.9 Å². The highest BCUT2D eigenvalue weighted by Gasteiger charge is 2.10. The van der Waals surface area contributed by atoms with Gasteiger partial charge in [0.05, 0.1) is 5.69 Å². The van der Waals surface area contributed by atoms with E-state index in [1.807, 2.05) is 42.1 Å². The number of benzene rings is 1. The van der Waals surface area contributed by atoms with Gasteiger partial charge in [0.15, 0.2) is 0 Å². The Hall–Kier alpha value is -1.33. The van der Waals surface area contributed by atoms with Crippen molar-refractivity contribution in [1.82, 2.24) is 9.78 Å². The lowest BCUT2D eigenvalue weighted by Crippen LogP contribution is -2.09. The normalized spacial score (nSPS) is 14.0. The van der Waals surface area contributed by atoms with Crippen molar-refractivity contribution in [1.29, 1.82) is 0 Å². The van der Waals surface area contributed by atoms with Gasteiger partial charge in [0.2, 0.25) is 0 Å². The molecule has 2 aromatic rings. The third-order valence-electron chi connectivity index (χ3n) is 3.54. The maximum absolute atomic E-state index is 5.99. The summed E-state index contributed by atoms with van der Waals surface area (Å²) in [5.74, 6) is 0.811. The Kier molecular flexibility index (Phi) is 5.42. The van der Waals surface area contributed by atoms with E-state index < -0.39 is 0 Å².